The summed E-state index contributed by atoms with van der Waals surface area (Å²) < 4.78 is 4.96. The van der Waals surface area contributed by atoms with E-state index in [1.807, 2.05) is 31.2 Å². The first-order chi connectivity index (χ1) is 6.34. The maximum absolute atomic E-state index is 5.03. The molecule has 1 aliphatic heterocycles. The molecule has 2 rings (SSSR count). The van der Waals surface area contributed by atoms with Gasteiger partial charge in [0.1, 0.15) is 12.7 Å². The van der Waals surface area contributed by atoms with Crippen LogP contribution in [0.2, 0.25) is 0 Å². The van der Waals surface area contributed by atoms with E-state index in [2.05, 4.69) is 0 Å². The van der Waals surface area contributed by atoms with Gasteiger partial charge in [-0.15, -0.1) is 0 Å². The molecule has 1 atom stereocenters. The van der Waals surface area contributed by atoms with E-state index in [0.717, 1.165) is 12.4 Å². The normalized spacial score (nSPS) is 19.9. The number of epoxide rings is 1. The summed E-state index contributed by atoms with van der Waals surface area (Å²) in [6.45, 7) is 3.33. The van der Waals surface area contributed by atoms with E-state index in [0.29, 0.717) is 6.61 Å². The molecule has 1 saturated heterocycles. The first-order valence-electron chi connectivity index (χ1n) is 4.32. The van der Waals surface area contributed by atoms with Crippen molar-refractivity contribution in [2.45, 2.75) is 13.0 Å². The van der Waals surface area contributed by atoms with E-state index >= 15 is 0 Å². The smallest absolute Gasteiger partial charge is 0.165 e. The Bertz CT molecular complexity index is 264. The van der Waals surface area contributed by atoms with Crippen LogP contribution in [-0.2, 0) is 9.62 Å². The van der Waals surface area contributed by atoms with Crippen LogP contribution in [0.3, 0.4) is 0 Å². The molecule has 1 aliphatic rings. The second kappa shape index (κ2) is 3.77. The number of rotatable bonds is 4. The van der Waals surface area contributed by atoms with Crippen molar-refractivity contribution in [3.63, 3.8) is 0 Å². The number of hydrogen-bond donors (Lipinski definition) is 0. The predicted octanol–water partition coefficient (Wildman–Crippen LogP) is 1.70. The van der Waals surface area contributed by atoms with E-state index < -0.39 is 0 Å². The molecule has 70 valence electrons. The fourth-order valence-corrected chi connectivity index (χ4v) is 0.936. The number of benzene rings is 1. The first-order valence-corrected chi connectivity index (χ1v) is 4.32. The van der Waals surface area contributed by atoms with Gasteiger partial charge in [-0.25, -0.2) is 0 Å². The molecule has 1 aromatic carbocycles. The number of aryl methyl sites for hydroxylation is 1. The molecule has 3 heteroatoms. The highest BCUT2D eigenvalue weighted by molar-refractivity contribution is 5.25. The Balaban J connectivity index is 1.76. The zero-order valence-electron chi connectivity index (χ0n) is 7.53. The Morgan fingerprint density at radius 2 is 2.08 bits per heavy atom. The lowest BCUT2D eigenvalue weighted by Gasteiger charge is -2.02. The van der Waals surface area contributed by atoms with Crippen molar-refractivity contribution in [1.29, 1.82) is 0 Å². The van der Waals surface area contributed by atoms with Gasteiger partial charge in [-0.3, -0.25) is 0 Å². The first kappa shape index (κ1) is 8.53. The fraction of sp³-hybridized carbons (Fsp3) is 0.400. The lowest BCUT2D eigenvalue weighted by Crippen LogP contribution is -2.04. The van der Waals surface area contributed by atoms with Gasteiger partial charge >= 0.3 is 0 Å². The molecule has 0 spiro atoms. The van der Waals surface area contributed by atoms with E-state index in [-0.39, 0.29) is 6.10 Å². The van der Waals surface area contributed by atoms with Crippen molar-refractivity contribution in [1.82, 2.24) is 0 Å². The summed E-state index contributed by atoms with van der Waals surface area (Å²) in [5.41, 5.74) is 1.21. The van der Waals surface area contributed by atoms with Crippen LogP contribution in [0, 0.1) is 6.92 Å². The third kappa shape index (κ3) is 2.72. The molecular weight excluding hydrogens is 168 g/mol. The van der Waals surface area contributed by atoms with Crippen molar-refractivity contribution in [3.05, 3.63) is 29.8 Å². The summed E-state index contributed by atoms with van der Waals surface area (Å²) in [4.78, 5) is 9.99. The summed E-state index contributed by atoms with van der Waals surface area (Å²) in [5.74, 6) is 0.728. The molecule has 0 amide bonds. The summed E-state index contributed by atoms with van der Waals surface area (Å²) in [7, 11) is 0. The van der Waals surface area contributed by atoms with E-state index in [1.165, 1.54) is 5.56 Å². The molecule has 0 saturated carbocycles. The molecule has 0 N–H and O–H groups in total. The second-order valence-corrected chi connectivity index (χ2v) is 3.14. The quantitative estimate of drug-likeness (QED) is 0.401. The third-order valence-corrected chi connectivity index (χ3v) is 1.83. The average Bonchev–Trinajstić information content (AvgIpc) is 2.92. The SMILES string of the molecule is Cc1ccc(OOCC2CO2)cc1. The maximum atomic E-state index is 5.03. The summed E-state index contributed by atoms with van der Waals surface area (Å²) in [6.07, 6.45) is 0.241. The van der Waals surface area contributed by atoms with Gasteiger partial charge in [0, 0.05) is 0 Å². The Kier molecular flexibility index (Phi) is 2.47. The van der Waals surface area contributed by atoms with Gasteiger partial charge in [-0.05, 0) is 19.1 Å². The van der Waals surface area contributed by atoms with Crippen molar-refractivity contribution >= 4 is 0 Å². The van der Waals surface area contributed by atoms with E-state index in [4.69, 9.17) is 14.5 Å². The molecule has 0 radical (unpaired) electrons. The van der Waals surface area contributed by atoms with Crippen LogP contribution in [0.1, 0.15) is 5.56 Å². The predicted molar refractivity (Wildman–Crippen MR) is 47.5 cm³/mol. The van der Waals surface area contributed by atoms with Crippen molar-refractivity contribution < 1.29 is 14.5 Å². The summed E-state index contributed by atoms with van der Waals surface area (Å²) in [6, 6.07) is 7.71. The van der Waals surface area contributed by atoms with E-state index in [1.54, 1.807) is 0 Å². The zero-order valence-corrected chi connectivity index (χ0v) is 7.53. The Hall–Kier alpha value is -1.06. The highest BCUT2D eigenvalue weighted by Crippen LogP contribution is 2.13. The largest absolute Gasteiger partial charge is 0.370 e. The molecule has 13 heavy (non-hydrogen) atoms. The van der Waals surface area contributed by atoms with Gasteiger partial charge in [0.15, 0.2) is 5.75 Å². The van der Waals surface area contributed by atoms with Gasteiger partial charge in [-0.2, -0.15) is 4.89 Å². The molecule has 1 aromatic rings. The lowest BCUT2D eigenvalue weighted by molar-refractivity contribution is -0.209. The van der Waals surface area contributed by atoms with Crippen LogP contribution < -0.4 is 4.89 Å². The average molecular weight is 180 g/mol. The number of hydrogen-bond acceptors (Lipinski definition) is 3. The van der Waals surface area contributed by atoms with Crippen molar-refractivity contribution in [2.75, 3.05) is 13.2 Å². The molecule has 0 aromatic heterocycles. The Labute approximate surface area is 77.2 Å². The van der Waals surface area contributed by atoms with Gasteiger partial charge in [0.25, 0.3) is 0 Å². The third-order valence-electron chi connectivity index (χ3n) is 1.83. The number of ether oxygens (including phenoxy) is 1. The van der Waals surface area contributed by atoms with Crippen LogP contribution in [0.25, 0.3) is 0 Å². The van der Waals surface area contributed by atoms with Crippen LogP contribution in [-0.4, -0.2) is 19.3 Å². The fourth-order valence-electron chi connectivity index (χ4n) is 0.936. The monoisotopic (exact) mass is 180 g/mol. The van der Waals surface area contributed by atoms with Crippen molar-refractivity contribution in [3.8, 4) is 5.75 Å². The molecule has 1 heterocycles. The molecule has 3 nitrogen and oxygen atoms in total. The topological polar surface area (TPSA) is 31.0 Å². The molecule has 0 bridgehead atoms. The minimum atomic E-state index is 0.241. The van der Waals surface area contributed by atoms with Crippen LogP contribution in [0.4, 0.5) is 0 Å². The van der Waals surface area contributed by atoms with Crippen LogP contribution in [0.15, 0.2) is 24.3 Å². The highest BCUT2D eigenvalue weighted by atomic mass is 17.2. The van der Waals surface area contributed by atoms with Crippen LogP contribution in [0.5, 0.6) is 5.75 Å². The Morgan fingerprint density at radius 3 is 2.69 bits per heavy atom. The van der Waals surface area contributed by atoms with Crippen LogP contribution >= 0.6 is 0 Å². The minimum absolute atomic E-state index is 0.241. The van der Waals surface area contributed by atoms with Gasteiger partial charge in [-0.1, -0.05) is 17.7 Å². The van der Waals surface area contributed by atoms with Crippen molar-refractivity contribution in [2.24, 2.45) is 0 Å². The van der Waals surface area contributed by atoms with Gasteiger partial charge in [0.05, 0.1) is 6.61 Å². The maximum Gasteiger partial charge on any atom is 0.165 e. The highest BCUT2D eigenvalue weighted by Gasteiger charge is 2.23. The summed E-state index contributed by atoms with van der Waals surface area (Å²) in [5, 5.41) is 0. The second-order valence-electron chi connectivity index (χ2n) is 3.14. The zero-order chi connectivity index (χ0) is 9.10. The molecule has 1 unspecified atom stereocenters. The van der Waals surface area contributed by atoms with Gasteiger partial charge in [0.2, 0.25) is 0 Å². The summed E-state index contributed by atoms with van der Waals surface area (Å²) >= 11 is 0. The molecular formula is C10H12O3. The molecule has 1 fully saturated rings. The van der Waals surface area contributed by atoms with Gasteiger partial charge < -0.3 is 9.62 Å². The van der Waals surface area contributed by atoms with E-state index in [9.17, 15) is 0 Å². The lowest BCUT2D eigenvalue weighted by atomic mass is 10.2. The minimum Gasteiger partial charge on any atom is -0.370 e. The standard InChI is InChI=1S/C10H12O3/c1-8-2-4-9(5-3-8)13-12-7-10-6-11-10/h2-5,10H,6-7H2,1H3. The molecule has 0 aliphatic carbocycles. The Morgan fingerprint density at radius 1 is 1.38 bits per heavy atom.